The van der Waals surface area contributed by atoms with Crippen molar-refractivity contribution in [3.8, 4) is 16.9 Å². The monoisotopic (exact) mass is 383 g/mol. The summed E-state index contributed by atoms with van der Waals surface area (Å²) in [6, 6.07) is 9.85. The molecule has 0 unspecified atom stereocenters. The number of piperazine rings is 1. The number of nitrogens with one attached hydrogen (secondary N) is 1. The third-order valence-electron chi connectivity index (χ3n) is 4.17. The quantitative estimate of drug-likeness (QED) is 0.884. The predicted octanol–water partition coefficient (Wildman–Crippen LogP) is 3.03. The average Bonchev–Trinajstić information content (AvgIpc) is 2.62. The molecular formula is C18H23Cl2N3O2. The normalized spacial score (nSPS) is 16.4. The minimum atomic E-state index is 0. The van der Waals surface area contributed by atoms with Gasteiger partial charge in [0, 0.05) is 43.6 Å². The summed E-state index contributed by atoms with van der Waals surface area (Å²) >= 11 is 0. The van der Waals surface area contributed by atoms with Crippen molar-refractivity contribution >= 4 is 30.7 Å². The molecule has 0 radical (unpaired) electrons. The molecule has 1 atom stereocenters. The smallest absolute Gasteiger partial charge is 0.255 e. The summed E-state index contributed by atoms with van der Waals surface area (Å²) in [7, 11) is 1.64. The Kier molecular flexibility index (Phi) is 8.16. The van der Waals surface area contributed by atoms with Gasteiger partial charge in [-0.25, -0.2) is 0 Å². The lowest BCUT2D eigenvalue weighted by molar-refractivity contribution is 0.0655. The lowest BCUT2D eigenvalue weighted by atomic mass is 10.0. The molecule has 0 saturated carbocycles. The van der Waals surface area contributed by atoms with E-state index in [1.54, 1.807) is 19.5 Å². The Labute approximate surface area is 160 Å². The van der Waals surface area contributed by atoms with E-state index in [0.717, 1.165) is 36.5 Å². The van der Waals surface area contributed by atoms with E-state index in [0.29, 0.717) is 5.56 Å². The average molecular weight is 384 g/mol. The van der Waals surface area contributed by atoms with Crippen molar-refractivity contribution < 1.29 is 9.53 Å². The van der Waals surface area contributed by atoms with Gasteiger partial charge in [-0.2, -0.15) is 0 Å². The van der Waals surface area contributed by atoms with Gasteiger partial charge >= 0.3 is 0 Å². The number of hydrogen-bond acceptors (Lipinski definition) is 4. The second-order valence-electron chi connectivity index (χ2n) is 5.74. The number of nitrogens with zero attached hydrogens (tertiary/aromatic N) is 2. The highest BCUT2D eigenvalue weighted by atomic mass is 35.5. The van der Waals surface area contributed by atoms with E-state index in [-0.39, 0.29) is 36.8 Å². The second-order valence-corrected chi connectivity index (χ2v) is 5.74. The number of carbonyl (C=O) groups is 1. The molecule has 25 heavy (non-hydrogen) atoms. The standard InChI is InChI=1S/C18H21N3O2.2ClH/c1-13-10-19-7-8-21(13)18(22)16-9-15(11-20-12-16)14-3-5-17(23-2)6-4-14;;/h3-6,9,11-13,19H,7-8,10H2,1-2H3;2*1H/t13-;;/m0../s1. The summed E-state index contributed by atoms with van der Waals surface area (Å²) in [4.78, 5) is 18.9. The zero-order valence-electron chi connectivity index (χ0n) is 14.3. The lowest BCUT2D eigenvalue weighted by Gasteiger charge is -2.34. The first-order chi connectivity index (χ1) is 11.2. The third-order valence-corrected chi connectivity index (χ3v) is 4.17. The van der Waals surface area contributed by atoms with Crippen LogP contribution in [0.3, 0.4) is 0 Å². The number of rotatable bonds is 3. The molecule has 1 aromatic heterocycles. The molecule has 1 fully saturated rings. The van der Waals surface area contributed by atoms with Crippen LogP contribution in [0.2, 0.25) is 0 Å². The van der Waals surface area contributed by atoms with Crippen molar-refractivity contribution in [3.63, 3.8) is 0 Å². The number of benzene rings is 1. The topological polar surface area (TPSA) is 54.5 Å². The molecule has 5 nitrogen and oxygen atoms in total. The molecule has 7 heteroatoms. The van der Waals surface area contributed by atoms with E-state index >= 15 is 0 Å². The molecule has 2 aromatic rings. The summed E-state index contributed by atoms with van der Waals surface area (Å²) < 4.78 is 5.18. The fourth-order valence-electron chi connectivity index (χ4n) is 2.81. The first kappa shape index (κ1) is 21.2. The molecule has 3 rings (SSSR count). The largest absolute Gasteiger partial charge is 0.497 e. The van der Waals surface area contributed by atoms with Gasteiger partial charge in [0.15, 0.2) is 0 Å². The molecule has 0 spiro atoms. The van der Waals surface area contributed by atoms with Gasteiger partial charge in [0.05, 0.1) is 12.7 Å². The highest BCUT2D eigenvalue weighted by Crippen LogP contribution is 2.23. The minimum Gasteiger partial charge on any atom is -0.497 e. The zero-order valence-corrected chi connectivity index (χ0v) is 15.9. The number of ether oxygens (including phenoxy) is 1. The molecule has 1 saturated heterocycles. The maximum absolute atomic E-state index is 12.7. The van der Waals surface area contributed by atoms with Gasteiger partial charge in [-0.3, -0.25) is 9.78 Å². The van der Waals surface area contributed by atoms with E-state index in [1.165, 1.54) is 0 Å². The van der Waals surface area contributed by atoms with Crippen molar-refractivity contribution in [1.29, 1.82) is 0 Å². The van der Waals surface area contributed by atoms with Crippen LogP contribution in [0.1, 0.15) is 17.3 Å². The first-order valence-corrected chi connectivity index (χ1v) is 7.80. The van der Waals surface area contributed by atoms with Crippen LogP contribution in [0.4, 0.5) is 0 Å². The molecule has 1 aliphatic heterocycles. The summed E-state index contributed by atoms with van der Waals surface area (Å²) in [5.41, 5.74) is 2.58. The number of hydrogen-bond donors (Lipinski definition) is 1. The van der Waals surface area contributed by atoms with Gasteiger partial charge in [-0.15, -0.1) is 24.8 Å². The Morgan fingerprint density at radius 2 is 1.92 bits per heavy atom. The Morgan fingerprint density at radius 1 is 1.20 bits per heavy atom. The van der Waals surface area contributed by atoms with Crippen LogP contribution in [0.5, 0.6) is 5.75 Å². The highest BCUT2D eigenvalue weighted by molar-refractivity contribution is 5.95. The van der Waals surface area contributed by atoms with Crippen molar-refractivity contribution in [2.24, 2.45) is 0 Å². The van der Waals surface area contributed by atoms with Crippen LogP contribution in [0.25, 0.3) is 11.1 Å². The third kappa shape index (κ3) is 4.84. The van der Waals surface area contributed by atoms with Crippen LogP contribution in [0.15, 0.2) is 42.7 Å². The molecule has 0 aliphatic carbocycles. The Morgan fingerprint density at radius 3 is 2.56 bits per heavy atom. The summed E-state index contributed by atoms with van der Waals surface area (Å²) in [6.45, 7) is 4.45. The number of halogens is 2. The predicted molar refractivity (Wildman–Crippen MR) is 104 cm³/mol. The van der Waals surface area contributed by atoms with Crippen molar-refractivity contribution in [2.45, 2.75) is 13.0 Å². The number of methoxy groups -OCH3 is 1. The first-order valence-electron chi connectivity index (χ1n) is 7.80. The molecule has 1 N–H and O–H groups in total. The van der Waals surface area contributed by atoms with Crippen molar-refractivity contribution in [3.05, 3.63) is 48.3 Å². The summed E-state index contributed by atoms with van der Waals surface area (Å²) in [6.07, 6.45) is 3.42. The fourth-order valence-corrected chi connectivity index (χ4v) is 2.81. The highest BCUT2D eigenvalue weighted by Gasteiger charge is 2.24. The van der Waals surface area contributed by atoms with Gasteiger partial charge in [0.2, 0.25) is 0 Å². The van der Waals surface area contributed by atoms with Crippen LogP contribution >= 0.6 is 24.8 Å². The van der Waals surface area contributed by atoms with E-state index in [9.17, 15) is 4.79 Å². The van der Waals surface area contributed by atoms with E-state index in [4.69, 9.17) is 4.74 Å². The Bertz CT molecular complexity index is 695. The van der Waals surface area contributed by atoms with Crippen LogP contribution in [-0.4, -0.2) is 48.6 Å². The maximum Gasteiger partial charge on any atom is 0.255 e. The number of carbonyl (C=O) groups excluding carboxylic acids is 1. The number of pyridine rings is 1. The van der Waals surface area contributed by atoms with Crippen LogP contribution in [-0.2, 0) is 0 Å². The fraction of sp³-hybridized carbons (Fsp3) is 0.333. The molecule has 2 heterocycles. The zero-order chi connectivity index (χ0) is 16.2. The molecule has 1 amide bonds. The molecule has 136 valence electrons. The molecular weight excluding hydrogens is 361 g/mol. The summed E-state index contributed by atoms with van der Waals surface area (Å²) in [5.74, 6) is 0.852. The Balaban J connectivity index is 0.00000156. The molecule has 0 bridgehead atoms. The van der Waals surface area contributed by atoms with Crippen LogP contribution < -0.4 is 10.1 Å². The van der Waals surface area contributed by atoms with Gasteiger partial charge in [0.25, 0.3) is 5.91 Å². The number of amides is 1. The SMILES string of the molecule is COc1ccc(-c2cncc(C(=O)N3CCNC[C@@H]3C)c2)cc1.Cl.Cl. The van der Waals surface area contributed by atoms with E-state index in [1.807, 2.05) is 35.2 Å². The summed E-state index contributed by atoms with van der Waals surface area (Å²) in [5, 5.41) is 3.30. The van der Waals surface area contributed by atoms with E-state index in [2.05, 4.69) is 17.2 Å². The number of aromatic nitrogens is 1. The van der Waals surface area contributed by atoms with Gasteiger partial charge < -0.3 is 15.0 Å². The van der Waals surface area contributed by atoms with E-state index < -0.39 is 0 Å². The van der Waals surface area contributed by atoms with Gasteiger partial charge in [0.1, 0.15) is 5.75 Å². The maximum atomic E-state index is 12.7. The van der Waals surface area contributed by atoms with Crippen molar-refractivity contribution in [2.75, 3.05) is 26.7 Å². The molecule has 1 aromatic carbocycles. The Hall–Kier alpha value is -1.82. The molecule has 1 aliphatic rings. The lowest BCUT2D eigenvalue weighted by Crippen LogP contribution is -2.52. The van der Waals surface area contributed by atoms with Crippen LogP contribution in [0, 0.1) is 0 Å². The minimum absolute atomic E-state index is 0. The van der Waals surface area contributed by atoms with Gasteiger partial charge in [-0.05, 0) is 30.7 Å². The van der Waals surface area contributed by atoms with Gasteiger partial charge in [-0.1, -0.05) is 12.1 Å². The second kappa shape index (κ2) is 9.61. The van der Waals surface area contributed by atoms with Crippen molar-refractivity contribution in [1.82, 2.24) is 15.2 Å².